The van der Waals surface area contributed by atoms with E-state index in [9.17, 15) is 14.0 Å². The average molecular weight is 624 g/mol. The third-order valence-corrected chi connectivity index (χ3v) is 9.38. The predicted octanol–water partition coefficient (Wildman–Crippen LogP) is 4.63. The van der Waals surface area contributed by atoms with Crippen molar-refractivity contribution in [1.29, 1.82) is 0 Å². The van der Waals surface area contributed by atoms with Gasteiger partial charge in [0, 0.05) is 48.8 Å². The molecule has 1 saturated heterocycles. The molecule has 3 aliphatic carbocycles. The van der Waals surface area contributed by atoms with E-state index in [0.717, 1.165) is 30.4 Å². The SMILES string of the molecule is COc1ccc(CCn2c(-c3cccnc3)nc3cc(NC(=NC4CC5CC(C5)C4)N4CC(=O)N[C@@H](C)C4)ccc3c2=O)c(F)c1. The van der Waals surface area contributed by atoms with Crippen molar-refractivity contribution < 1.29 is 13.9 Å². The Morgan fingerprint density at radius 2 is 1.93 bits per heavy atom. The Balaban J connectivity index is 1.23. The number of guanidine groups is 1. The average Bonchev–Trinajstić information content (AvgIpc) is 3.04. The van der Waals surface area contributed by atoms with Crippen LogP contribution in [0.15, 0.2) is 70.7 Å². The summed E-state index contributed by atoms with van der Waals surface area (Å²) in [5.74, 6) is 2.64. The molecule has 2 bridgehead atoms. The van der Waals surface area contributed by atoms with Crippen LogP contribution in [0.4, 0.5) is 10.1 Å². The Labute approximate surface area is 266 Å². The van der Waals surface area contributed by atoms with E-state index in [1.807, 2.05) is 30.0 Å². The summed E-state index contributed by atoms with van der Waals surface area (Å²) in [6.45, 7) is 3.09. The number of fused-ring (bicyclic) bond motifs is 3. The van der Waals surface area contributed by atoms with Gasteiger partial charge < -0.3 is 20.3 Å². The second-order valence-corrected chi connectivity index (χ2v) is 12.8. The van der Waals surface area contributed by atoms with Crippen molar-refractivity contribution >= 4 is 28.5 Å². The van der Waals surface area contributed by atoms with E-state index < -0.39 is 0 Å². The van der Waals surface area contributed by atoms with Crippen molar-refractivity contribution in [2.75, 3.05) is 25.5 Å². The number of benzene rings is 2. The number of hydrogen-bond donors (Lipinski definition) is 2. The number of pyridine rings is 1. The molecular formula is C35H38FN7O3. The van der Waals surface area contributed by atoms with E-state index in [2.05, 4.69) is 15.6 Å². The molecule has 0 unspecified atom stereocenters. The van der Waals surface area contributed by atoms with Gasteiger partial charge in [-0.05, 0) is 92.8 Å². The number of amides is 1. The van der Waals surface area contributed by atoms with Gasteiger partial charge in [-0.3, -0.25) is 19.1 Å². The van der Waals surface area contributed by atoms with Gasteiger partial charge in [-0.1, -0.05) is 6.07 Å². The zero-order chi connectivity index (χ0) is 31.8. The fourth-order valence-electron chi connectivity index (χ4n) is 7.13. The molecule has 3 heterocycles. The summed E-state index contributed by atoms with van der Waals surface area (Å²) in [5.41, 5.74) is 2.19. The van der Waals surface area contributed by atoms with E-state index in [1.54, 1.807) is 41.2 Å². The number of methoxy groups -OCH3 is 1. The molecule has 238 valence electrons. The van der Waals surface area contributed by atoms with Gasteiger partial charge in [-0.25, -0.2) is 14.4 Å². The number of rotatable bonds is 7. The standard InChI is InChI=1S/C35H38FN7O3/c1-21-19-42(20-32(44)38-21)35(40-27-14-22-12-23(13-22)15-27)39-26-6-8-29-31(16-26)41-33(25-4-3-10-37-18-25)43(34(29)45)11-9-24-5-7-28(46-2)17-30(24)36/h3-8,10,16-18,21-23,27H,9,11-15,19-20H2,1-2H3,(H,38,44)(H,39,40)/t21-,22?,23?,27?/m0/s1. The second-order valence-electron chi connectivity index (χ2n) is 12.8. The maximum absolute atomic E-state index is 14.8. The van der Waals surface area contributed by atoms with Gasteiger partial charge >= 0.3 is 0 Å². The summed E-state index contributed by atoms with van der Waals surface area (Å²) in [6.07, 6.45) is 8.39. The van der Waals surface area contributed by atoms with E-state index in [0.29, 0.717) is 52.5 Å². The van der Waals surface area contributed by atoms with Gasteiger partial charge in [0.05, 0.1) is 30.6 Å². The molecule has 0 radical (unpaired) electrons. The lowest BCUT2D eigenvalue weighted by Crippen LogP contribution is -2.56. The Hall–Kier alpha value is -4.80. The fourth-order valence-corrected chi connectivity index (χ4v) is 7.13. The predicted molar refractivity (Wildman–Crippen MR) is 175 cm³/mol. The molecule has 4 aromatic rings. The summed E-state index contributed by atoms with van der Waals surface area (Å²) < 4.78 is 21.5. The number of hydrogen-bond acceptors (Lipinski definition) is 6. The van der Waals surface area contributed by atoms with Crippen molar-refractivity contribution in [2.45, 2.75) is 57.7 Å². The quantitative estimate of drug-likeness (QED) is 0.228. The molecule has 2 aromatic carbocycles. The number of aliphatic imine (C=N–C) groups is 1. The molecule has 1 atom stereocenters. The minimum atomic E-state index is -0.386. The molecule has 3 saturated carbocycles. The number of piperazine rings is 1. The second kappa shape index (κ2) is 12.5. The number of ether oxygens (including phenoxy) is 1. The highest BCUT2D eigenvalue weighted by atomic mass is 19.1. The molecule has 46 heavy (non-hydrogen) atoms. The third-order valence-electron chi connectivity index (χ3n) is 9.38. The first kappa shape index (κ1) is 29.9. The number of carbonyl (C=O) groups is 1. The molecule has 4 aliphatic rings. The Kier molecular flexibility index (Phi) is 8.14. The number of halogens is 1. The molecule has 0 spiro atoms. The Morgan fingerprint density at radius 3 is 2.65 bits per heavy atom. The van der Waals surface area contributed by atoms with Gasteiger partial charge in [0.2, 0.25) is 5.91 Å². The topological polar surface area (TPSA) is 114 Å². The van der Waals surface area contributed by atoms with Crippen LogP contribution in [0.5, 0.6) is 5.75 Å². The van der Waals surface area contributed by atoms with Gasteiger partial charge in [-0.2, -0.15) is 0 Å². The third kappa shape index (κ3) is 6.18. The van der Waals surface area contributed by atoms with Crippen molar-refractivity contribution in [3.8, 4) is 17.1 Å². The molecule has 8 rings (SSSR count). The van der Waals surface area contributed by atoms with Crippen LogP contribution in [-0.4, -0.2) is 63.6 Å². The highest BCUT2D eigenvalue weighted by Crippen LogP contribution is 2.46. The minimum Gasteiger partial charge on any atom is -0.497 e. The molecule has 1 amide bonds. The first-order valence-corrected chi connectivity index (χ1v) is 16.0. The smallest absolute Gasteiger partial charge is 0.261 e. The van der Waals surface area contributed by atoms with E-state index in [-0.39, 0.29) is 42.5 Å². The summed E-state index contributed by atoms with van der Waals surface area (Å²) in [6, 6.07) is 14.1. The lowest BCUT2D eigenvalue weighted by molar-refractivity contribution is -0.123. The maximum Gasteiger partial charge on any atom is 0.261 e. The molecule has 10 nitrogen and oxygen atoms in total. The number of anilines is 1. The minimum absolute atomic E-state index is 0.00169. The monoisotopic (exact) mass is 623 g/mol. The van der Waals surface area contributed by atoms with Crippen LogP contribution in [0.3, 0.4) is 0 Å². The van der Waals surface area contributed by atoms with Crippen molar-refractivity contribution in [3.63, 3.8) is 0 Å². The van der Waals surface area contributed by atoms with E-state index in [1.165, 1.54) is 26.0 Å². The fraction of sp³-hybridized carbons (Fsp3) is 0.400. The van der Waals surface area contributed by atoms with Crippen LogP contribution in [0.25, 0.3) is 22.3 Å². The van der Waals surface area contributed by atoms with Gasteiger partial charge in [0.15, 0.2) is 5.96 Å². The van der Waals surface area contributed by atoms with Crippen molar-refractivity contribution in [2.24, 2.45) is 16.8 Å². The van der Waals surface area contributed by atoms with Crippen LogP contribution >= 0.6 is 0 Å². The number of aryl methyl sites for hydroxylation is 1. The highest BCUT2D eigenvalue weighted by Gasteiger charge is 2.38. The number of carbonyl (C=O) groups excluding carboxylic acids is 1. The van der Waals surface area contributed by atoms with Crippen molar-refractivity contribution in [1.82, 2.24) is 24.8 Å². The number of nitrogens with zero attached hydrogens (tertiary/aromatic N) is 5. The van der Waals surface area contributed by atoms with E-state index in [4.69, 9.17) is 14.7 Å². The van der Waals surface area contributed by atoms with Crippen LogP contribution < -0.4 is 20.9 Å². The normalized spacial score (nSPS) is 22.7. The van der Waals surface area contributed by atoms with Gasteiger partial charge in [-0.15, -0.1) is 0 Å². The molecule has 11 heteroatoms. The lowest BCUT2D eigenvalue weighted by Gasteiger charge is -2.44. The first-order valence-electron chi connectivity index (χ1n) is 16.0. The van der Waals surface area contributed by atoms with Crippen LogP contribution in [-0.2, 0) is 17.8 Å². The van der Waals surface area contributed by atoms with E-state index >= 15 is 0 Å². The highest BCUT2D eigenvalue weighted by molar-refractivity contribution is 5.98. The van der Waals surface area contributed by atoms with Crippen LogP contribution in [0.2, 0.25) is 0 Å². The molecular weight excluding hydrogens is 585 g/mol. The van der Waals surface area contributed by atoms with Gasteiger partial charge in [0.1, 0.15) is 17.4 Å². The summed E-state index contributed by atoms with van der Waals surface area (Å²) in [7, 11) is 1.49. The largest absolute Gasteiger partial charge is 0.497 e. The van der Waals surface area contributed by atoms with Crippen LogP contribution in [0.1, 0.15) is 38.2 Å². The zero-order valence-electron chi connectivity index (χ0n) is 26.1. The Bertz CT molecular complexity index is 1840. The molecule has 2 N–H and O–H groups in total. The first-order chi connectivity index (χ1) is 22.3. The van der Waals surface area contributed by atoms with Gasteiger partial charge in [0.25, 0.3) is 5.56 Å². The summed E-state index contributed by atoms with van der Waals surface area (Å²) in [4.78, 5) is 42.8. The number of aromatic nitrogens is 3. The summed E-state index contributed by atoms with van der Waals surface area (Å²) >= 11 is 0. The van der Waals surface area contributed by atoms with Crippen molar-refractivity contribution in [3.05, 3.63) is 82.7 Å². The zero-order valence-corrected chi connectivity index (χ0v) is 26.1. The number of nitrogens with one attached hydrogen (secondary N) is 2. The lowest BCUT2D eigenvalue weighted by atomic mass is 9.64. The maximum atomic E-state index is 14.8. The molecule has 1 aliphatic heterocycles. The summed E-state index contributed by atoms with van der Waals surface area (Å²) in [5, 5.41) is 6.94. The van der Waals surface area contributed by atoms with Crippen LogP contribution in [0, 0.1) is 17.7 Å². The Morgan fingerprint density at radius 1 is 1.11 bits per heavy atom. The molecule has 2 aromatic heterocycles. The molecule has 4 fully saturated rings.